The second-order valence-electron chi connectivity index (χ2n) is 4.49. The predicted octanol–water partition coefficient (Wildman–Crippen LogP) is 2.78. The lowest BCUT2D eigenvalue weighted by Crippen LogP contribution is -2.44. The first-order chi connectivity index (χ1) is 9.21. The highest BCUT2D eigenvalue weighted by atomic mass is 16.6. The number of methoxy groups -OCH3 is 1. The fraction of sp³-hybridized carbons (Fsp3) is 0.571. The molecule has 1 aromatic rings. The van der Waals surface area contributed by atoms with Gasteiger partial charge in [-0.15, -0.1) is 0 Å². The SMILES string of the molecule is CCOC(=O)N1c2ccc(OC)nc2CCC1CC. The molecule has 1 aromatic heterocycles. The molecule has 0 spiro atoms. The molecule has 0 bridgehead atoms. The topological polar surface area (TPSA) is 51.7 Å². The van der Waals surface area contributed by atoms with E-state index in [2.05, 4.69) is 11.9 Å². The summed E-state index contributed by atoms with van der Waals surface area (Å²) in [6, 6.07) is 3.85. The zero-order valence-electron chi connectivity index (χ0n) is 11.7. The molecule has 0 aromatic carbocycles. The molecule has 1 unspecified atom stereocenters. The lowest BCUT2D eigenvalue weighted by Gasteiger charge is -2.35. The van der Waals surface area contributed by atoms with E-state index in [1.165, 1.54) is 0 Å². The molecule has 2 rings (SSSR count). The summed E-state index contributed by atoms with van der Waals surface area (Å²) in [5, 5.41) is 0. The van der Waals surface area contributed by atoms with E-state index in [1.807, 2.05) is 13.0 Å². The van der Waals surface area contributed by atoms with E-state index in [1.54, 1.807) is 18.1 Å². The summed E-state index contributed by atoms with van der Waals surface area (Å²) in [6.45, 7) is 4.28. The molecule has 1 aliphatic rings. The van der Waals surface area contributed by atoms with Crippen molar-refractivity contribution in [1.82, 2.24) is 4.98 Å². The van der Waals surface area contributed by atoms with Gasteiger partial charge in [-0.2, -0.15) is 0 Å². The normalized spacial score (nSPS) is 17.8. The van der Waals surface area contributed by atoms with Gasteiger partial charge in [0.05, 0.1) is 25.1 Å². The quantitative estimate of drug-likeness (QED) is 0.842. The fourth-order valence-electron chi connectivity index (χ4n) is 2.45. The van der Waals surface area contributed by atoms with E-state index in [-0.39, 0.29) is 12.1 Å². The summed E-state index contributed by atoms with van der Waals surface area (Å²) in [5.74, 6) is 0.581. The maximum absolute atomic E-state index is 12.1. The molecule has 2 heterocycles. The van der Waals surface area contributed by atoms with E-state index < -0.39 is 0 Å². The molecule has 1 amide bonds. The number of anilines is 1. The molecule has 1 aliphatic heterocycles. The first-order valence-corrected chi connectivity index (χ1v) is 6.71. The number of hydrogen-bond acceptors (Lipinski definition) is 4. The minimum Gasteiger partial charge on any atom is -0.481 e. The molecule has 0 aliphatic carbocycles. The van der Waals surface area contributed by atoms with Crippen LogP contribution >= 0.6 is 0 Å². The van der Waals surface area contributed by atoms with Crippen molar-refractivity contribution in [1.29, 1.82) is 0 Å². The van der Waals surface area contributed by atoms with Gasteiger partial charge >= 0.3 is 6.09 Å². The maximum atomic E-state index is 12.1. The number of amides is 1. The lowest BCUT2D eigenvalue weighted by atomic mass is 9.98. The number of fused-ring (bicyclic) bond motifs is 1. The lowest BCUT2D eigenvalue weighted by molar-refractivity contribution is 0.155. The van der Waals surface area contributed by atoms with Crippen LogP contribution in [0, 0.1) is 0 Å². The Morgan fingerprint density at radius 2 is 2.26 bits per heavy atom. The van der Waals surface area contributed by atoms with Crippen molar-refractivity contribution in [2.75, 3.05) is 18.6 Å². The molecule has 19 heavy (non-hydrogen) atoms. The average Bonchev–Trinajstić information content (AvgIpc) is 2.45. The number of carbonyl (C=O) groups is 1. The number of aromatic nitrogens is 1. The third-order valence-corrected chi connectivity index (χ3v) is 3.41. The molecular weight excluding hydrogens is 244 g/mol. The van der Waals surface area contributed by atoms with Crippen molar-refractivity contribution < 1.29 is 14.3 Å². The van der Waals surface area contributed by atoms with Crippen LogP contribution in [-0.4, -0.2) is 30.8 Å². The van der Waals surface area contributed by atoms with Gasteiger partial charge in [0.2, 0.25) is 5.88 Å². The summed E-state index contributed by atoms with van der Waals surface area (Å²) >= 11 is 0. The predicted molar refractivity (Wildman–Crippen MR) is 72.7 cm³/mol. The fourth-order valence-corrected chi connectivity index (χ4v) is 2.45. The zero-order chi connectivity index (χ0) is 13.8. The first kappa shape index (κ1) is 13.6. The van der Waals surface area contributed by atoms with Crippen LogP contribution in [0.4, 0.5) is 10.5 Å². The minimum atomic E-state index is -0.290. The van der Waals surface area contributed by atoms with Crippen molar-refractivity contribution in [2.45, 2.75) is 39.2 Å². The van der Waals surface area contributed by atoms with Gasteiger partial charge in [0, 0.05) is 12.1 Å². The van der Waals surface area contributed by atoms with Crippen molar-refractivity contribution in [3.8, 4) is 5.88 Å². The van der Waals surface area contributed by atoms with Gasteiger partial charge < -0.3 is 9.47 Å². The number of carbonyl (C=O) groups excluding carboxylic acids is 1. The van der Waals surface area contributed by atoms with E-state index in [0.717, 1.165) is 30.6 Å². The summed E-state index contributed by atoms with van der Waals surface area (Å²) < 4.78 is 10.3. The van der Waals surface area contributed by atoms with E-state index >= 15 is 0 Å². The average molecular weight is 264 g/mol. The largest absolute Gasteiger partial charge is 0.481 e. The Balaban J connectivity index is 2.36. The summed E-state index contributed by atoms with van der Waals surface area (Å²) in [6.07, 6.45) is 2.38. The molecule has 1 atom stereocenters. The van der Waals surface area contributed by atoms with Crippen LogP contribution in [0.25, 0.3) is 0 Å². The van der Waals surface area contributed by atoms with Crippen LogP contribution in [0.15, 0.2) is 12.1 Å². The van der Waals surface area contributed by atoms with Gasteiger partial charge in [0.25, 0.3) is 0 Å². The van der Waals surface area contributed by atoms with Gasteiger partial charge in [-0.1, -0.05) is 6.92 Å². The van der Waals surface area contributed by atoms with Crippen molar-refractivity contribution in [2.24, 2.45) is 0 Å². The van der Waals surface area contributed by atoms with Crippen molar-refractivity contribution >= 4 is 11.8 Å². The molecule has 0 saturated heterocycles. The van der Waals surface area contributed by atoms with Crippen LogP contribution in [0.5, 0.6) is 5.88 Å². The van der Waals surface area contributed by atoms with Gasteiger partial charge in [0.15, 0.2) is 0 Å². The molecule has 0 saturated carbocycles. The highest BCUT2D eigenvalue weighted by Gasteiger charge is 2.31. The Morgan fingerprint density at radius 3 is 2.89 bits per heavy atom. The Morgan fingerprint density at radius 1 is 1.47 bits per heavy atom. The molecule has 5 heteroatoms. The van der Waals surface area contributed by atoms with E-state index in [0.29, 0.717) is 12.5 Å². The number of aryl methyl sites for hydroxylation is 1. The third-order valence-electron chi connectivity index (χ3n) is 3.41. The van der Waals surface area contributed by atoms with Gasteiger partial charge in [-0.3, -0.25) is 4.90 Å². The van der Waals surface area contributed by atoms with Crippen LogP contribution in [0.1, 0.15) is 32.4 Å². The maximum Gasteiger partial charge on any atom is 0.414 e. The second kappa shape index (κ2) is 5.91. The van der Waals surface area contributed by atoms with Crippen LogP contribution in [0.2, 0.25) is 0 Å². The minimum absolute atomic E-state index is 0.182. The monoisotopic (exact) mass is 264 g/mol. The standard InChI is InChI=1S/C14H20N2O3/c1-4-10-6-7-11-12(8-9-13(15-11)18-3)16(10)14(17)19-5-2/h8-10H,4-7H2,1-3H3. The molecular formula is C14H20N2O3. The Bertz CT molecular complexity index is 462. The Kier molecular flexibility index (Phi) is 4.24. The van der Waals surface area contributed by atoms with Crippen molar-refractivity contribution in [3.63, 3.8) is 0 Å². The third kappa shape index (κ3) is 2.64. The van der Waals surface area contributed by atoms with E-state index in [9.17, 15) is 4.79 Å². The van der Waals surface area contributed by atoms with Crippen LogP contribution in [-0.2, 0) is 11.2 Å². The van der Waals surface area contributed by atoms with Gasteiger partial charge in [-0.25, -0.2) is 9.78 Å². The highest BCUT2D eigenvalue weighted by Crippen LogP contribution is 2.32. The molecule has 104 valence electrons. The van der Waals surface area contributed by atoms with Gasteiger partial charge in [-0.05, 0) is 32.3 Å². The number of rotatable bonds is 3. The number of nitrogens with zero attached hydrogens (tertiary/aromatic N) is 2. The van der Waals surface area contributed by atoms with Crippen LogP contribution < -0.4 is 9.64 Å². The Hall–Kier alpha value is -1.78. The number of ether oxygens (including phenoxy) is 2. The highest BCUT2D eigenvalue weighted by molar-refractivity contribution is 5.89. The molecule has 0 fully saturated rings. The molecule has 5 nitrogen and oxygen atoms in total. The second-order valence-corrected chi connectivity index (χ2v) is 4.49. The summed E-state index contributed by atoms with van der Waals surface area (Å²) in [5.41, 5.74) is 1.74. The first-order valence-electron chi connectivity index (χ1n) is 6.71. The Labute approximate surface area is 113 Å². The smallest absolute Gasteiger partial charge is 0.414 e. The number of pyridine rings is 1. The number of hydrogen-bond donors (Lipinski definition) is 0. The zero-order valence-corrected chi connectivity index (χ0v) is 11.7. The molecule has 0 N–H and O–H groups in total. The summed E-state index contributed by atoms with van der Waals surface area (Å²) in [7, 11) is 1.59. The van der Waals surface area contributed by atoms with Gasteiger partial charge in [0.1, 0.15) is 0 Å². The van der Waals surface area contributed by atoms with Crippen molar-refractivity contribution in [3.05, 3.63) is 17.8 Å². The van der Waals surface area contributed by atoms with E-state index in [4.69, 9.17) is 9.47 Å². The summed E-state index contributed by atoms with van der Waals surface area (Å²) in [4.78, 5) is 18.3. The van der Waals surface area contributed by atoms with Crippen LogP contribution in [0.3, 0.4) is 0 Å². The molecule has 0 radical (unpaired) electrons.